The van der Waals surface area contributed by atoms with Gasteiger partial charge in [-0.3, -0.25) is 9.59 Å². The van der Waals surface area contributed by atoms with E-state index >= 15 is 0 Å². The first-order valence-corrected chi connectivity index (χ1v) is 10.6. The van der Waals surface area contributed by atoms with E-state index in [4.69, 9.17) is 4.74 Å². The molecule has 1 saturated heterocycles. The van der Waals surface area contributed by atoms with Crippen LogP contribution < -0.4 is 10.2 Å². The number of esters is 1. The summed E-state index contributed by atoms with van der Waals surface area (Å²) < 4.78 is 44.5. The van der Waals surface area contributed by atoms with Crippen molar-refractivity contribution in [3.05, 3.63) is 65.6 Å². The second-order valence-electron chi connectivity index (χ2n) is 7.78. The summed E-state index contributed by atoms with van der Waals surface area (Å²) in [7, 11) is 0. The highest BCUT2D eigenvalue weighted by Crippen LogP contribution is 2.29. The molecule has 0 atom stereocenters. The van der Waals surface area contributed by atoms with Crippen molar-refractivity contribution in [2.45, 2.75) is 25.9 Å². The Balaban J connectivity index is 1.36. The van der Waals surface area contributed by atoms with E-state index in [0.717, 1.165) is 18.6 Å². The van der Waals surface area contributed by atoms with Gasteiger partial charge in [-0.25, -0.2) is 14.5 Å². The fourth-order valence-corrected chi connectivity index (χ4v) is 3.60. The third-order valence-electron chi connectivity index (χ3n) is 5.37. The molecule has 12 heteroatoms. The number of nitrogens with one attached hydrogen (secondary N) is 1. The van der Waals surface area contributed by atoms with Crippen molar-refractivity contribution in [2.75, 3.05) is 23.4 Å². The van der Waals surface area contributed by atoms with Gasteiger partial charge in [-0.05, 0) is 43.7 Å². The van der Waals surface area contributed by atoms with Crippen LogP contribution in [0.1, 0.15) is 34.5 Å². The lowest BCUT2D eigenvalue weighted by Crippen LogP contribution is -2.24. The molecule has 1 aromatic carbocycles. The SMILES string of the molecule is Cc1c(C(=O)OCC(=O)Nc2cccc(N3CCCC3=O)c2)cnn1-c1ccc(C(F)(F)F)cn1. The molecule has 2 aromatic heterocycles. The summed E-state index contributed by atoms with van der Waals surface area (Å²) in [4.78, 5) is 42.0. The molecule has 1 fully saturated rings. The Morgan fingerprint density at radius 2 is 1.97 bits per heavy atom. The zero-order chi connectivity index (χ0) is 25.2. The van der Waals surface area contributed by atoms with Crippen molar-refractivity contribution < 1.29 is 32.3 Å². The van der Waals surface area contributed by atoms with Crippen molar-refractivity contribution in [3.8, 4) is 5.82 Å². The van der Waals surface area contributed by atoms with Crippen molar-refractivity contribution in [3.63, 3.8) is 0 Å². The Morgan fingerprint density at radius 3 is 2.63 bits per heavy atom. The molecule has 0 aliphatic carbocycles. The van der Waals surface area contributed by atoms with Gasteiger partial charge in [0.05, 0.1) is 17.5 Å². The number of halogens is 3. The van der Waals surface area contributed by atoms with E-state index < -0.39 is 30.2 Å². The topological polar surface area (TPSA) is 106 Å². The van der Waals surface area contributed by atoms with E-state index in [1.807, 2.05) is 0 Å². The molecule has 35 heavy (non-hydrogen) atoms. The summed E-state index contributed by atoms with van der Waals surface area (Å²) in [5.41, 5.74) is 0.525. The van der Waals surface area contributed by atoms with Crippen LogP contribution in [0.15, 0.2) is 48.8 Å². The highest BCUT2D eigenvalue weighted by atomic mass is 19.4. The monoisotopic (exact) mass is 487 g/mol. The van der Waals surface area contributed by atoms with E-state index in [1.54, 1.807) is 29.2 Å². The molecule has 0 saturated carbocycles. The van der Waals surface area contributed by atoms with Crippen LogP contribution in [-0.2, 0) is 20.5 Å². The van der Waals surface area contributed by atoms with Gasteiger partial charge >= 0.3 is 12.1 Å². The first-order valence-electron chi connectivity index (χ1n) is 10.6. The number of nitrogens with zero attached hydrogens (tertiary/aromatic N) is 4. The fourth-order valence-electron chi connectivity index (χ4n) is 3.60. The summed E-state index contributed by atoms with van der Waals surface area (Å²) in [6, 6.07) is 8.78. The van der Waals surface area contributed by atoms with E-state index in [2.05, 4.69) is 15.4 Å². The predicted octanol–water partition coefficient (Wildman–Crippen LogP) is 3.52. The summed E-state index contributed by atoms with van der Waals surface area (Å²) in [5.74, 6) is -1.31. The molecular formula is C23H20F3N5O4. The number of alkyl halides is 3. The van der Waals surface area contributed by atoms with Crippen LogP contribution in [0.4, 0.5) is 24.5 Å². The third kappa shape index (κ3) is 5.31. The lowest BCUT2D eigenvalue weighted by molar-refractivity contribution is -0.137. The average molecular weight is 487 g/mol. The number of anilines is 2. The van der Waals surface area contributed by atoms with Crippen LogP contribution in [-0.4, -0.2) is 45.7 Å². The molecule has 0 radical (unpaired) electrons. The number of hydrogen-bond donors (Lipinski definition) is 1. The Labute approximate surface area is 197 Å². The van der Waals surface area contributed by atoms with Crippen molar-refractivity contribution in [1.29, 1.82) is 0 Å². The summed E-state index contributed by atoms with van der Waals surface area (Å²) in [6.45, 7) is 1.56. The van der Waals surface area contributed by atoms with Crippen molar-refractivity contribution in [2.24, 2.45) is 0 Å². The molecule has 0 bridgehead atoms. The van der Waals surface area contributed by atoms with Gasteiger partial charge in [0.25, 0.3) is 5.91 Å². The second kappa shape index (κ2) is 9.57. The van der Waals surface area contributed by atoms with Crippen LogP contribution >= 0.6 is 0 Å². The summed E-state index contributed by atoms with van der Waals surface area (Å²) in [5, 5.41) is 6.60. The predicted molar refractivity (Wildman–Crippen MR) is 118 cm³/mol. The van der Waals surface area contributed by atoms with Gasteiger partial charge in [0.15, 0.2) is 12.4 Å². The van der Waals surface area contributed by atoms with E-state index in [1.165, 1.54) is 17.8 Å². The maximum absolute atomic E-state index is 12.7. The Morgan fingerprint density at radius 1 is 1.17 bits per heavy atom. The van der Waals surface area contributed by atoms with Gasteiger partial charge in [0, 0.05) is 30.5 Å². The summed E-state index contributed by atoms with van der Waals surface area (Å²) in [6.07, 6.45) is -1.40. The lowest BCUT2D eigenvalue weighted by Gasteiger charge is -2.16. The number of carbonyl (C=O) groups excluding carboxylic acids is 3. The zero-order valence-electron chi connectivity index (χ0n) is 18.5. The van der Waals surface area contributed by atoms with Gasteiger partial charge in [-0.2, -0.15) is 18.3 Å². The van der Waals surface area contributed by atoms with Crippen molar-refractivity contribution in [1.82, 2.24) is 14.8 Å². The number of pyridine rings is 1. The minimum Gasteiger partial charge on any atom is -0.452 e. The van der Waals surface area contributed by atoms with Gasteiger partial charge in [0.1, 0.15) is 5.56 Å². The second-order valence-corrected chi connectivity index (χ2v) is 7.78. The average Bonchev–Trinajstić information content (AvgIpc) is 3.42. The number of rotatable bonds is 6. The standard InChI is InChI=1S/C23H20F3N5O4/c1-14-18(12-28-31(14)19-8-7-15(11-27-19)23(24,25)26)22(34)35-13-20(32)29-16-4-2-5-17(10-16)30-9-3-6-21(30)33/h2,4-5,7-8,10-12H,3,6,9,13H2,1H3,(H,29,32). The van der Waals surface area contributed by atoms with Crippen LogP contribution in [0.3, 0.4) is 0 Å². The summed E-state index contributed by atoms with van der Waals surface area (Å²) >= 11 is 0. The lowest BCUT2D eigenvalue weighted by atomic mass is 10.2. The van der Waals surface area contributed by atoms with Crippen LogP contribution in [0.2, 0.25) is 0 Å². The molecule has 0 spiro atoms. The number of carbonyl (C=O) groups is 3. The number of benzene rings is 1. The van der Waals surface area contributed by atoms with Crippen LogP contribution in [0.5, 0.6) is 0 Å². The maximum Gasteiger partial charge on any atom is 0.417 e. The molecule has 3 heterocycles. The Kier molecular flexibility index (Phi) is 6.54. The molecule has 3 aromatic rings. The minimum atomic E-state index is -4.52. The zero-order valence-corrected chi connectivity index (χ0v) is 18.5. The molecule has 182 valence electrons. The smallest absolute Gasteiger partial charge is 0.417 e. The van der Waals surface area contributed by atoms with E-state index in [-0.39, 0.29) is 23.0 Å². The molecule has 1 aliphatic rings. The normalized spacial score (nSPS) is 13.7. The maximum atomic E-state index is 12.7. The number of ether oxygens (including phenoxy) is 1. The van der Waals surface area contributed by atoms with Gasteiger partial charge in [-0.1, -0.05) is 6.07 Å². The number of hydrogen-bond acceptors (Lipinski definition) is 6. The molecule has 4 rings (SSSR count). The third-order valence-corrected chi connectivity index (χ3v) is 5.37. The van der Waals surface area contributed by atoms with Gasteiger partial charge < -0.3 is 15.0 Å². The Bertz CT molecular complexity index is 1270. The first kappa shape index (κ1) is 23.9. The molecule has 1 aliphatic heterocycles. The molecular weight excluding hydrogens is 467 g/mol. The van der Waals surface area contributed by atoms with E-state index in [0.29, 0.717) is 30.5 Å². The molecule has 2 amide bonds. The molecule has 0 unspecified atom stereocenters. The molecule has 9 nitrogen and oxygen atoms in total. The van der Waals surface area contributed by atoms with Crippen LogP contribution in [0.25, 0.3) is 5.82 Å². The number of amides is 2. The van der Waals surface area contributed by atoms with E-state index in [9.17, 15) is 27.6 Å². The Hall–Kier alpha value is -4.22. The largest absolute Gasteiger partial charge is 0.452 e. The molecule has 1 N–H and O–H groups in total. The highest BCUT2D eigenvalue weighted by Gasteiger charge is 2.31. The fraction of sp³-hybridized carbons (Fsp3) is 0.261. The van der Waals surface area contributed by atoms with Gasteiger partial charge in [-0.15, -0.1) is 0 Å². The minimum absolute atomic E-state index is 0.0183. The van der Waals surface area contributed by atoms with Crippen molar-refractivity contribution >= 4 is 29.2 Å². The first-order chi connectivity index (χ1) is 16.6. The highest BCUT2D eigenvalue weighted by molar-refractivity contribution is 5.98. The van der Waals surface area contributed by atoms with Gasteiger partial charge in [0.2, 0.25) is 5.91 Å². The number of aromatic nitrogens is 3. The van der Waals surface area contributed by atoms with Crippen LogP contribution in [0, 0.1) is 6.92 Å². The quantitative estimate of drug-likeness (QED) is 0.534.